The predicted octanol–water partition coefficient (Wildman–Crippen LogP) is 2.65. The molecule has 3 heteroatoms. The minimum Gasteiger partial charge on any atom is -0.365 e. The Morgan fingerprint density at radius 3 is 2.79 bits per heavy atom. The molecule has 1 saturated carbocycles. The highest BCUT2D eigenvalue weighted by Gasteiger charge is 2.36. The van der Waals surface area contributed by atoms with Gasteiger partial charge in [-0.1, -0.05) is 31.5 Å². The van der Waals surface area contributed by atoms with Gasteiger partial charge in [0, 0.05) is 18.8 Å². The van der Waals surface area contributed by atoms with Gasteiger partial charge in [0.25, 0.3) is 0 Å². The highest BCUT2D eigenvalue weighted by atomic mass is 32.2. The molecule has 0 unspecified atom stereocenters. The second-order valence-corrected chi connectivity index (χ2v) is 5.51. The first kappa shape index (κ1) is 10.3. The van der Waals surface area contributed by atoms with E-state index in [1.807, 2.05) is 11.8 Å². The Morgan fingerprint density at radius 2 is 2.21 bits per heavy atom. The molecule has 1 aliphatic heterocycles. The van der Waals surface area contributed by atoms with Gasteiger partial charge in [-0.05, 0) is 24.7 Å². The van der Waals surface area contributed by atoms with E-state index < -0.39 is 0 Å². The van der Waals surface area contributed by atoms with Gasteiger partial charge in [-0.3, -0.25) is 4.99 Å². The zero-order valence-corrected chi connectivity index (χ0v) is 9.83. The Morgan fingerprint density at radius 1 is 1.43 bits per heavy atom. The van der Waals surface area contributed by atoms with Crippen molar-refractivity contribution in [2.45, 2.75) is 39.0 Å². The lowest BCUT2D eigenvalue weighted by molar-refractivity contribution is 0.358. The maximum Gasteiger partial charge on any atom is 0.156 e. The quantitative estimate of drug-likeness (QED) is 0.761. The summed E-state index contributed by atoms with van der Waals surface area (Å²) in [5.41, 5.74) is 0.585. The summed E-state index contributed by atoms with van der Waals surface area (Å²) in [4.78, 5) is 4.67. The molecule has 1 aliphatic carbocycles. The maximum absolute atomic E-state index is 4.67. The molecule has 80 valence electrons. The molecule has 1 N–H and O–H groups in total. The highest BCUT2D eigenvalue weighted by molar-refractivity contribution is 8.13. The Labute approximate surface area is 90.9 Å². The molecule has 0 aromatic carbocycles. The van der Waals surface area contributed by atoms with E-state index in [1.165, 1.54) is 43.0 Å². The van der Waals surface area contributed by atoms with Gasteiger partial charge in [-0.2, -0.15) is 0 Å². The monoisotopic (exact) mass is 212 g/mol. The zero-order chi connectivity index (χ0) is 9.86. The van der Waals surface area contributed by atoms with Crippen molar-refractivity contribution in [2.75, 3.05) is 18.8 Å². The minimum absolute atomic E-state index is 0.585. The first-order valence-corrected chi connectivity index (χ1v) is 6.74. The van der Waals surface area contributed by atoms with Gasteiger partial charge >= 0.3 is 0 Å². The first-order chi connectivity index (χ1) is 6.85. The Balaban J connectivity index is 1.86. The molecule has 1 fully saturated rings. The van der Waals surface area contributed by atoms with Crippen molar-refractivity contribution in [3.8, 4) is 0 Å². The molecule has 14 heavy (non-hydrogen) atoms. The predicted molar refractivity (Wildman–Crippen MR) is 64.0 cm³/mol. The maximum atomic E-state index is 4.67. The Bertz CT molecular complexity index is 219. The number of nitrogens with zero attached hydrogens (tertiary/aromatic N) is 1. The summed E-state index contributed by atoms with van der Waals surface area (Å²) < 4.78 is 0. The lowest BCUT2D eigenvalue weighted by Gasteiger charge is -2.31. The van der Waals surface area contributed by atoms with Crippen molar-refractivity contribution in [3.63, 3.8) is 0 Å². The van der Waals surface area contributed by atoms with Crippen molar-refractivity contribution in [3.05, 3.63) is 0 Å². The van der Waals surface area contributed by atoms with Crippen molar-refractivity contribution >= 4 is 16.9 Å². The van der Waals surface area contributed by atoms with E-state index in [1.54, 1.807) is 0 Å². The van der Waals surface area contributed by atoms with Crippen molar-refractivity contribution < 1.29 is 0 Å². The molecule has 1 heterocycles. The van der Waals surface area contributed by atoms with Crippen LogP contribution in [0.15, 0.2) is 4.99 Å². The van der Waals surface area contributed by atoms with E-state index in [2.05, 4.69) is 17.2 Å². The number of hydrogen-bond donors (Lipinski definition) is 1. The van der Waals surface area contributed by atoms with Gasteiger partial charge in [-0.25, -0.2) is 0 Å². The van der Waals surface area contributed by atoms with E-state index in [9.17, 15) is 0 Å². The summed E-state index contributed by atoms with van der Waals surface area (Å²) in [5, 5.41) is 4.58. The fraction of sp³-hybridized carbons (Fsp3) is 0.909. The van der Waals surface area contributed by atoms with Crippen LogP contribution in [0.3, 0.4) is 0 Å². The Hall–Kier alpha value is -0.180. The van der Waals surface area contributed by atoms with Gasteiger partial charge in [0.2, 0.25) is 0 Å². The fourth-order valence-electron chi connectivity index (χ4n) is 2.32. The topological polar surface area (TPSA) is 24.4 Å². The van der Waals surface area contributed by atoms with Crippen LogP contribution in [-0.4, -0.2) is 24.0 Å². The number of rotatable bonds is 2. The van der Waals surface area contributed by atoms with Crippen LogP contribution in [0.5, 0.6) is 0 Å². The second-order valence-electron chi connectivity index (χ2n) is 4.54. The molecule has 2 aliphatic rings. The molecule has 0 amide bonds. The largest absolute Gasteiger partial charge is 0.365 e. The molecule has 2 nitrogen and oxygen atoms in total. The smallest absolute Gasteiger partial charge is 0.156 e. The average Bonchev–Trinajstić information content (AvgIpc) is 2.66. The average molecular weight is 212 g/mol. The summed E-state index contributed by atoms with van der Waals surface area (Å²) in [7, 11) is 0. The first-order valence-electron chi connectivity index (χ1n) is 5.76. The van der Waals surface area contributed by atoms with Crippen molar-refractivity contribution in [1.29, 1.82) is 0 Å². The van der Waals surface area contributed by atoms with Gasteiger partial charge in [-0.15, -0.1) is 0 Å². The summed E-state index contributed by atoms with van der Waals surface area (Å²) >= 11 is 1.94. The third kappa shape index (κ3) is 2.25. The molecule has 0 radical (unpaired) electrons. The van der Waals surface area contributed by atoms with Gasteiger partial charge in [0.1, 0.15) is 0 Å². The summed E-state index contributed by atoms with van der Waals surface area (Å²) in [6.07, 6.45) is 6.85. The van der Waals surface area contributed by atoms with Crippen LogP contribution in [0.1, 0.15) is 39.0 Å². The molecule has 0 aromatic heterocycles. The number of thioether (sulfide) groups is 1. The molecular weight excluding hydrogens is 192 g/mol. The number of nitrogens with one attached hydrogen (secondary N) is 1. The van der Waals surface area contributed by atoms with Crippen LogP contribution < -0.4 is 5.32 Å². The SMILES string of the molecule is CCCNC1=NCC2(CCCC2)CS1. The molecule has 0 atom stereocenters. The van der Waals surface area contributed by atoms with Crippen LogP contribution in [0.25, 0.3) is 0 Å². The van der Waals surface area contributed by atoms with Crippen LogP contribution in [-0.2, 0) is 0 Å². The minimum atomic E-state index is 0.585. The number of hydrogen-bond acceptors (Lipinski definition) is 3. The lowest BCUT2D eigenvalue weighted by atomic mass is 9.89. The molecule has 1 spiro atoms. The molecule has 0 bridgehead atoms. The van der Waals surface area contributed by atoms with Crippen LogP contribution in [0.2, 0.25) is 0 Å². The molecule has 0 aromatic rings. The van der Waals surface area contributed by atoms with Gasteiger partial charge in [0.05, 0.1) is 0 Å². The van der Waals surface area contributed by atoms with Crippen LogP contribution in [0, 0.1) is 5.41 Å². The van der Waals surface area contributed by atoms with E-state index in [0.717, 1.165) is 13.1 Å². The number of amidine groups is 1. The van der Waals surface area contributed by atoms with E-state index in [-0.39, 0.29) is 0 Å². The summed E-state index contributed by atoms with van der Waals surface area (Å²) in [5.74, 6) is 1.29. The van der Waals surface area contributed by atoms with Gasteiger partial charge in [0.15, 0.2) is 5.17 Å². The standard InChI is InChI=1S/C11H20N2S/c1-2-7-12-10-13-8-11(9-14-10)5-3-4-6-11/h2-9H2,1H3,(H,12,13). The normalized spacial score (nSPS) is 25.1. The second kappa shape index (κ2) is 4.56. The molecular formula is C11H20N2S. The third-order valence-corrected chi connectivity index (χ3v) is 4.57. The molecule has 2 rings (SSSR count). The van der Waals surface area contributed by atoms with E-state index >= 15 is 0 Å². The van der Waals surface area contributed by atoms with Crippen molar-refractivity contribution in [2.24, 2.45) is 10.4 Å². The van der Waals surface area contributed by atoms with Crippen LogP contribution in [0.4, 0.5) is 0 Å². The lowest BCUT2D eigenvalue weighted by Crippen LogP contribution is -2.33. The Kier molecular flexibility index (Phi) is 3.37. The van der Waals surface area contributed by atoms with E-state index in [4.69, 9.17) is 0 Å². The summed E-state index contributed by atoms with van der Waals surface area (Å²) in [6, 6.07) is 0. The van der Waals surface area contributed by atoms with E-state index in [0.29, 0.717) is 5.41 Å². The fourth-order valence-corrected chi connectivity index (χ4v) is 3.50. The molecule has 0 saturated heterocycles. The highest BCUT2D eigenvalue weighted by Crippen LogP contribution is 2.43. The summed E-state index contributed by atoms with van der Waals surface area (Å²) in [6.45, 7) is 4.34. The third-order valence-electron chi connectivity index (χ3n) is 3.26. The van der Waals surface area contributed by atoms with Gasteiger partial charge < -0.3 is 5.32 Å². The number of aliphatic imine (C=N–C) groups is 1. The van der Waals surface area contributed by atoms with Crippen LogP contribution >= 0.6 is 11.8 Å². The van der Waals surface area contributed by atoms with Crippen molar-refractivity contribution in [1.82, 2.24) is 5.32 Å². The zero-order valence-electron chi connectivity index (χ0n) is 9.01.